The molecule has 148 valence electrons. The van der Waals surface area contributed by atoms with E-state index in [0.29, 0.717) is 5.89 Å². The van der Waals surface area contributed by atoms with Crippen LogP contribution >= 0.6 is 0 Å². The predicted octanol–water partition coefficient (Wildman–Crippen LogP) is 7.05. The van der Waals surface area contributed by atoms with Gasteiger partial charge in [0.2, 0.25) is 5.89 Å². The second-order valence-electron chi connectivity index (χ2n) is 7.28. The van der Waals surface area contributed by atoms with Gasteiger partial charge in [0.05, 0.1) is 0 Å². The van der Waals surface area contributed by atoms with Gasteiger partial charge in [0.25, 0.3) is 0 Å². The zero-order valence-corrected chi connectivity index (χ0v) is 16.4. The highest BCUT2D eigenvalue weighted by molar-refractivity contribution is 5.90. The molecule has 0 saturated carbocycles. The van der Waals surface area contributed by atoms with Gasteiger partial charge in [-0.25, -0.2) is 9.97 Å². The molecule has 0 radical (unpaired) electrons. The van der Waals surface area contributed by atoms with Gasteiger partial charge in [-0.1, -0.05) is 36.4 Å². The minimum absolute atomic E-state index is 0.620. The van der Waals surface area contributed by atoms with E-state index in [0.717, 1.165) is 50.3 Å². The highest BCUT2D eigenvalue weighted by Crippen LogP contribution is 2.31. The summed E-state index contributed by atoms with van der Waals surface area (Å²) in [7, 11) is 0. The molecule has 1 N–H and O–H groups in total. The van der Waals surface area contributed by atoms with Crippen LogP contribution in [0.2, 0.25) is 0 Å². The lowest BCUT2D eigenvalue weighted by molar-refractivity contribution is 0.603. The van der Waals surface area contributed by atoms with Crippen LogP contribution in [0.25, 0.3) is 44.8 Å². The number of para-hydroxylation sites is 3. The molecule has 0 amide bonds. The van der Waals surface area contributed by atoms with Gasteiger partial charge in [0.15, 0.2) is 17.6 Å². The van der Waals surface area contributed by atoms with Crippen LogP contribution in [-0.2, 0) is 0 Å². The summed E-state index contributed by atoms with van der Waals surface area (Å²) < 4.78 is 11.5. The molecule has 0 aliphatic carbocycles. The first-order valence-corrected chi connectivity index (χ1v) is 9.99. The number of hydrogen-bond acceptors (Lipinski definition) is 5. The van der Waals surface area contributed by atoms with Crippen molar-refractivity contribution in [2.45, 2.75) is 0 Å². The Bertz CT molecular complexity index is 1480. The number of fused-ring (bicyclic) bond motifs is 2. The number of anilines is 2. The maximum atomic E-state index is 5.86. The Balaban J connectivity index is 1.27. The Labute approximate surface area is 178 Å². The Hall–Kier alpha value is -4.38. The molecule has 0 fully saturated rings. The molecule has 0 atom stereocenters. The minimum atomic E-state index is 0.620. The van der Waals surface area contributed by atoms with Gasteiger partial charge in [-0.05, 0) is 60.2 Å². The van der Waals surface area contributed by atoms with Crippen molar-refractivity contribution in [2.75, 3.05) is 5.32 Å². The Morgan fingerprint density at radius 1 is 0.677 bits per heavy atom. The summed E-state index contributed by atoms with van der Waals surface area (Å²) in [4.78, 5) is 8.81. The van der Waals surface area contributed by atoms with Crippen LogP contribution in [0, 0.1) is 0 Å². The molecule has 5 nitrogen and oxygen atoms in total. The normalized spacial score (nSPS) is 11.2. The van der Waals surface area contributed by atoms with Gasteiger partial charge in [-0.15, -0.1) is 0 Å². The number of hydrogen-bond donors (Lipinski definition) is 1. The van der Waals surface area contributed by atoms with Crippen LogP contribution in [0.3, 0.4) is 0 Å². The third-order valence-corrected chi connectivity index (χ3v) is 5.24. The van der Waals surface area contributed by atoms with Crippen molar-refractivity contribution in [3.8, 4) is 22.6 Å². The first-order chi connectivity index (χ1) is 15.3. The van der Waals surface area contributed by atoms with Gasteiger partial charge in [0.1, 0.15) is 11.0 Å². The van der Waals surface area contributed by atoms with E-state index in [4.69, 9.17) is 8.83 Å². The van der Waals surface area contributed by atoms with E-state index >= 15 is 0 Å². The van der Waals surface area contributed by atoms with Crippen molar-refractivity contribution >= 4 is 33.6 Å². The molecule has 6 rings (SSSR count). The third kappa shape index (κ3) is 3.22. The number of aromatic nitrogens is 2. The summed E-state index contributed by atoms with van der Waals surface area (Å²) in [6, 6.07) is 30.1. The van der Waals surface area contributed by atoms with Gasteiger partial charge in [-0.2, -0.15) is 0 Å². The molecule has 0 saturated heterocycles. The molecule has 0 spiro atoms. The molecule has 0 aliphatic rings. The number of rotatable bonds is 4. The molecule has 4 aromatic carbocycles. The summed E-state index contributed by atoms with van der Waals surface area (Å²) in [6.07, 6.45) is 1.48. The van der Waals surface area contributed by atoms with Crippen molar-refractivity contribution in [3.05, 3.63) is 97.4 Å². The van der Waals surface area contributed by atoms with E-state index in [9.17, 15) is 0 Å². The lowest BCUT2D eigenvalue weighted by atomic mass is 10.0. The highest BCUT2D eigenvalue weighted by Gasteiger charge is 2.09. The van der Waals surface area contributed by atoms with Crippen LogP contribution in [0.15, 0.2) is 106 Å². The molecule has 2 heterocycles. The first-order valence-electron chi connectivity index (χ1n) is 9.99. The van der Waals surface area contributed by atoms with Crippen molar-refractivity contribution < 1.29 is 8.83 Å². The Morgan fingerprint density at radius 3 is 2.42 bits per heavy atom. The Morgan fingerprint density at radius 2 is 1.52 bits per heavy atom. The zero-order valence-electron chi connectivity index (χ0n) is 16.4. The second kappa shape index (κ2) is 7.15. The molecule has 31 heavy (non-hydrogen) atoms. The summed E-state index contributed by atoms with van der Waals surface area (Å²) in [5, 5.41) is 3.46. The average Bonchev–Trinajstić information content (AvgIpc) is 3.47. The smallest absolute Gasteiger partial charge is 0.227 e. The van der Waals surface area contributed by atoms with E-state index in [2.05, 4.69) is 27.4 Å². The van der Waals surface area contributed by atoms with E-state index in [-0.39, 0.29) is 0 Å². The topological polar surface area (TPSA) is 64.1 Å². The van der Waals surface area contributed by atoms with Gasteiger partial charge < -0.3 is 14.2 Å². The van der Waals surface area contributed by atoms with E-state index < -0.39 is 0 Å². The first kappa shape index (κ1) is 17.5. The lowest BCUT2D eigenvalue weighted by Crippen LogP contribution is -1.91. The summed E-state index contributed by atoms with van der Waals surface area (Å²) in [6.45, 7) is 0. The van der Waals surface area contributed by atoms with Gasteiger partial charge in [0, 0.05) is 22.5 Å². The van der Waals surface area contributed by atoms with Crippen LogP contribution in [-0.4, -0.2) is 9.97 Å². The van der Waals surface area contributed by atoms with E-state index in [1.165, 1.54) is 6.39 Å². The lowest BCUT2D eigenvalue weighted by Gasteiger charge is -2.09. The highest BCUT2D eigenvalue weighted by atomic mass is 16.3. The van der Waals surface area contributed by atoms with Crippen molar-refractivity contribution in [3.63, 3.8) is 0 Å². The van der Waals surface area contributed by atoms with Crippen molar-refractivity contribution in [1.29, 1.82) is 0 Å². The van der Waals surface area contributed by atoms with E-state index in [1.807, 2.05) is 78.9 Å². The van der Waals surface area contributed by atoms with Crippen LogP contribution < -0.4 is 5.32 Å². The number of nitrogens with zero attached hydrogens (tertiary/aromatic N) is 2. The molecule has 0 bridgehead atoms. The number of oxazole rings is 2. The van der Waals surface area contributed by atoms with Crippen LogP contribution in [0.5, 0.6) is 0 Å². The third-order valence-electron chi connectivity index (χ3n) is 5.24. The molecular weight excluding hydrogens is 386 g/mol. The largest absolute Gasteiger partial charge is 0.443 e. The molecule has 6 aromatic rings. The maximum absolute atomic E-state index is 5.86. The zero-order chi connectivity index (χ0) is 20.6. The molecule has 5 heteroatoms. The minimum Gasteiger partial charge on any atom is -0.443 e. The second-order valence-corrected chi connectivity index (χ2v) is 7.28. The van der Waals surface area contributed by atoms with Crippen LogP contribution in [0.1, 0.15) is 0 Å². The fraction of sp³-hybridized carbons (Fsp3) is 0. The monoisotopic (exact) mass is 403 g/mol. The van der Waals surface area contributed by atoms with E-state index in [1.54, 1.807) is 0 Å². The molecule has 0 unspecified atom stereocenters. The summed E-state index contributed by atoms with van der Waals surface area (Å²) >= 11 is 0. The van der Waals surface area contributed by atoms with Gasteiger partial charge in [-0.3, -0.25) is 0 Å². The SMILES string of the molecule is c1cc(Nc2ccc(-c3nc4ccccc4o3)cc2)cc(-c2cccc3ncoc23)c1. The van der Waals surface area contributed by atoms with Gasteiger partial charge >= 0.3 is 0 Å². The fourth-order valence-corrected chi connectivity index (χ4v) is 3.74. The predicted molar refractivity (Wildman–Crippen MR) is 122 cm³/mol. The molecule has 2 aromatic heterocycles. The quantitative estimate of drug-likeness (QED) is 0.342. The fourth-order valence-electron chi connectivity index (χ4n) is 3.74. The summed E-state index contributed by atoms with van der Waals surface area (Å²) in [5.74, 6) is 0.620. The summed E-state index contributed by atoms with van der Waals surface area (Å²) in [5.41, 5.74) is 8.29. The van der Waals surface area contributed by atoms with Crippen molar-refractivity contribution in [1.82, 2.24) is 9.97 Å². The Kier molecular flexibility index (Phi) is 4.03. The van der Waals surface area contributed by atoms with Crippen molar-refractivity contribution in [2.24, 2.45) is 0 Å². The standard InChI is InChI=1S/C26H17N3O2/c1-2-10-24-22(8-1)29-26(31-24)17-11-13-19(14-12-17)28-20-6-3-5-18(15-20)21-7-4-9-23-25(21)30-16-27-23/h1-16,28H. The average molecular weight is 403 g/mol. The maximum Gasteiger partial charge on any atom is 0.227 e. The number of nitrogens with one attached hydrogen (secondary N) is 1. The molecule has 0 aliphatic heterocycles. The molecular formula is C26H17N3O2. The van der Waals surface area contributed by atoms with Crippen LogP contribution in [0.4, 0.5) is 11.4 Å². The number of benzene rings is 4.